The van der Waals surface area contributed by atoms with Crippen LogP contribution in [0.2, 0.25) is 19.6 Å². The van der Waals surface area contributed by atoms with E-state index in [4.69, 9.17) is 4.42 Å². The predicted molar refractivity (Wildman–Crippen MR) is 223 cm³/mol. The average Bonchev–Trinajstić information content (AvgIpc) is 3.71. The van der Waals surface area contributed by atoms with Crippen LogP contribution in [0.1, 0.15) is 22.3 Å². The molecule has 0 saturated heterocycles. The van der Waals surface area contributed by atoms with Gasteiger partial charge in [-0.3, -0.25) is 0 Å². The molecule has 0 amide bonds. The molecule has 0 N–H and O–H groups in total. The van der Waals surface area contributed by atoms with Gasteiger partial charge in [-0.1, -0.05) is 176 Å². The van der Waals surface area contributed by atoms with E-state index in [-0.39, 0.29) is 0 Å². The zero-order chi connectivity index (χ0) is 34.8. The zero-order valence-electron chi connectivity index (χ0n) is 29.5. The first-order chi connectivity index (χ1) is 25.4. The number of fused-ring (bicyclic) bond motifs is 7. The lowest BCUT2D eigenvalue weighted by molar-refractivity contribution is 0.669. The second-order valence-corrected chi connectivity index (χ2v) is 20.6. The summed E-state index contributed by atoms with van der Waals surface area (Å²) in [6.07, 6.45) is 0. The summed E-state index contributed by atoms with van der Waals surface area (Å²) in [4.78, 5) is 0. The smallest absolute Gasteiger partial charge is 0.144 e. The lowest BCUT2D eigenvalue weighted by Gasteiger charge is -2.34. The molecule has 10 aromatic rings. The number of benzene rings is 9. The summed E-state index contributed by atoms with van der Waals surface area (Å²) >= 11 is 0. The lowest BCUT2D eigenvalue weighted by atomic mass is 9.67. The van der Waals surface area contributed by atoms with Crippen LogP contribution in [-0.2, 0) is 5.41 Å². The summed E-state index contributed by atoms with van der Waals surface area (Å²) in [7, 11) is -1.60. The normalized spacial score (nSPS) is 13.8. The third kappa shape index (κ3) is 3.82. The molecule has 2 heteroatoms. The SMILES string of the molecule is C[Si](C)(C)c1ccc2ccc3c(-c4cc5c(c6oc7ccccc7c46)-c4ccccc4C5(c4ccccc4)c4ccccc4)ccc4ccc1c2c43. The Morgan fingerprint density at radius 1 is 0.442 bits per heavy atom. The summed E-state index contributed by atoms with van der Waals surface area (Å²) in [5.41, 5.74) is 11.3. The highest BCUT2D eigenvalue weighted by atomic mass is 28.3. The van der Waals surface area contributed by atoms with Gasteiger partial charge in [0.05, 0.1) is 13.5 Å². The Hall–Kier alpha value is -5.96. The van der Waals surface area contributed by atoms with E-state index in [9.17, 15) is 0 Å². The zero-order valence-corrected chi connectivity index (χ0v) is 30.5. The van der Waals surface area contributed by atoms with Crippen molar-refractivity contribution in [3.63, 3.8) is 0 Å². The molecule has 0 spiro atoms. The van der Waals surface area contributed by atoms with Gasteiger partial charge in [0.25, 0.3) is 0 Å². The molecule has 0 radical (unpaired) electrons. The highest BCUT2D eigenvalue weighted by molar-refractivity contribution is 6.90. The Morgan fingerprint density at radius 2 is 1.04 bits per heavy atom. The van der Waals surface area contributed by atoms with Crippen molar-refractivity contribution in [2.75, 3.05) is 0 Å². The molecule has 1 heterocycles. The average molecular weight is 681 g/mol. The minimum Gasteiger partial charge on any atom is -0.455 e. The van der Waals surface area contributed by atoms with Crippen LogP contribution in [0.4, 0.5) is 0 Å². The van der Waals surface area contributed by atoms with Crippen molar-refractivity contribution < 1.29 is 4.42 Å². The van der Waals surface area contributed by atoms with Gasteiger partial charge < -0.3 is 4.42 Å². The number of rotatable bonds is 4. The molecule has 0 bridgehead atoms. The molecule has 0 atom stereocenters. The molecule has 52 heavy (non-hydrogen) atoms. The summed E-state index contributed by atoms with van der Waals surface area (Å²) < 4.78 is 7.06. The Kier molecular flexibility index (Phi) is 6.03. The Balaban J connectivity index is 1.34. The number of hydrogen-bond donors (Lipinski definition) is 0. The summed E-state index contributed by atoms with van der Waals surface area (Å²) in [5.74, 6) is 0. The Bertz CT molecular complexity index is 3000. The van der Waals surface area contributed by atoms with Gasteiger partial charge in [0.2, 0.25) is 0 Å². The molecular weight excluding hydrogens is 645 g/mol. The van der Waals surface area contributed by atoms with E-state index in [1.165, 1.54) is 87.4 Å². The Labute approximate surface area is 304 Å². The Morgan fingerprint density at radius 3 is 1.77 bits per heavy atom. The molecule has 1 aliphatic carbocycles. The van der Waals surface area contributed by atoms with Gasteiger partial charge in [-0.15, -0.1) is 0 Å². The maximum absolute atomic E-state index is 7.06. The minimum atomic E-state index is -1.60. The molecule has 0 saturated carbocycles. The fourth-order valence-corrected chi connectivity index (χ4v) is 11.3. The van der Waals surface area contributed by atoms with Crippen molar-refractivity contribution in [3.8, 4) is 22.3 Å². The van der Waals surface area contributed by atoms with Crippen LogP contribution in [0, 0.1) is 0 Å². The van der Waals surface area contributed by atoms with Crippen LogP contribution < -0.4 is 5.19 Å². The van der Waals surface area contributed by atoms with Crippen molar-refractivity contribution in [2.24, 2.45) is 0 Å². The van der Waals surface area contributed by atoms with Crippen molar-refractivity contribution in [2.45, 2.75) is 25.1 Å². The van der Waals surface area contributed by atoms with E-state index >= 15 is 0 Å². The van der Waals surface area contributed by atoms with Crippen molar-refractivity contribution >= 4 is 67.5 Å². The first kappa shape index (κ1) is 29.7. The first-order valence-corrected chi connectivity index (χ1v) is 21.9. The van der Waals surface area contributed by atoms with Gasteiger partial charge in [-0.2, -0.15) is 0 Å². The maximum Gasteiger partial charge on any atom is 0.144 e. The molecule has 11 rings (SSSR count). The van der Waals surface area contributed by atoms with Crippen LogP contribution in [0.25, 0.3) is 76.5 Å². The van der Waals surface area contributed by atoms with Gasteiger partial charge in [-0.05, 0) is 83.4 Å². The second-order valence-electron chi connectivity index (χ2n) is 15.6. The molecule has 1 nitrogen and oxygen atoms in total. The van der Waals surface area contributed by atoms with Crippen LogP contribution >= 0.6 is 0 Å². The predicted octanol–water partition coefficient (Wildman–Crippen LogP) is 13.1. The molecule has 1 aliphatic rings. The van der Waals surface area contributed by atoms with Crippen LogP contribution in [0.15, 0.2) is 168 Å². The molecular formula is C50H36OSi. The van der Waals surface area contributed by atoms with Gasteiger partial charge in [-0.25, -0.2) is 0 Å². The highest BCUT2D eigenvalue weighted by Crippen LogP contribution is 2.60. The van der Waals surface area contributed by atoms with E-state index in [1.807, 2.05) is 0 Å². The third-order valence-corrected chi connectivity index (χ3v) is 13.9. The van der Waals surface area contributed by atoms with E-state index in [2.05, 4.69) is 183 Å². The standard InChI is InChI=1S/C50H36OSi/c1-52(2,3)44-29-25-32-23-27-36-35(26-22-31-24-28-39(44)46(32)45(31)36)40-30-42-48(49-47(40)38-19-11-13-21-43(38)51-49)37-18-10-12-20-41(37)50(42,33-14-6-4-7-15-33)34-16-8-5-9-17-34/h4-30H,1-3H3. The number of para-hydroxylation sites is 1. The van der Waals surface area contributed by atoms with E-state index < -0.39 is 13.5 Å². The topological polar surface area (TPSA) is 13.1 Å². The van der Waals surface area contributed by atoms with Gasteiger partial charge in [0.15, 0.2) is 0 Å². The number of hydrogen-bond acceptors (Lipinski definition) is 1. The molecule has 0 unspecified atom stereocenters. The van der Waals surface area contributed by atoms with Crippen LogP contribution in [0.5, 0.6) is 0 Å². The highest BCUT2D eigenvalue weighted by Gasteiger charge is 2.48. The van der Waals surface area contributed by atoms with Crippen molar-refractivity contribution in [1.29, 1.82) is 0 Å². The second kappa shape index (κ2) is 10.5. The van der Waals surface area contributed by atoms with E-state index in [0.29, 0.717) is 0 Å². The molecule has 0 fully saturated rings. The van der Waals surface area contributed by atoms with Crippen LogP contribution in [-0.4, -0.2) is 8.07 Å². The van der Waals surface area contributed by atoms with Gasteiger partial charge >= 0.3 is 0 Å². The number of furan rings is 1. The summed E-state index contributed by atoms with van der Waals surface area (Å²) in [6, 6.07) is 61.1. The first-order valence-electron chi connectivity index (χ1n) is 18.4. The molecule has 1 aromatic heterocycles. The molecule has 0 aliphatic heterocycles. The largest absolute Gasteiger partial charge is 0.455 e. The third-order valence-electron chi connectivity index (χ3n) is 11.8. The summed E-state index contributed by atoms with van der Waals surface area (Å²) in [6.45, 7) is 7.37. The monoisotopic (exact) mass is 680 g/mol. The minimum absolute atomic E-state index is 0.535. The lowest BCUT2D eigenvalue weighted by Crippen LogP contribution is -2.38. The van der Waals surface area contributed by atoms with Gasteiger partial charge in [0, 0.05) is 16.3 Å². The summed E-state index contributed by atoms with van der Waals surface area (Å²) in [5, 5.41) is 11.9. The van der Waals surface area contributed by atoms with E-state index in [1.54, 1.807) is 0 Å². The van der Waals surface area contributed by atoms with Crippen LogP contribution in [0.3, 0.4) is 0 Å². The van der Waals surface area contributed by atoms with E-state index in [0.717, 1.165) is 16.6 Å². The van der Waals surface area contributed by atoms with Crippen molar-refractivity contribution in [3.05, 3.63) is 186 Å². The maximum atomic E-state index is 7.06. The van der Waals surface area contributed by atoms with Gasteiger partial charge in [0.1, 0.15) is 11.2 Å². The fourth-order valence-electron chi connectivity index (χ4n) is 9.70. The van der Waals surface area contributed by atoms with Crippen molar-refractivity contribution in [1.82, 2.24) is 0 Å². The quantitative estimate of drug-likeness (QED) is 0.133. The fraction of sp³-hybridized carbons (Fsp3) is 0.0800. The molecule has 246 valence electrons. The molecule has 9 aromatic carbocycles.